The summed E-state index contributed by atoms with van der Waals surface area (Å²) in [5.41, 5.74) is 7.00. The van der Waals surface area contributed by atoms with Crippen LogP contribution >= 0.6 is 0 Å². The molecule has 0 aromatic heterocycles. The van der Waals surface area contributed by atoms with Crippen molar-refractivity contribution in [3.05, 3.63) is 18.2 Å². The van der Waals surface area contributed by atoms with Gasteiger partial charge in [0.1, 0.15) is 5.75 Å². The molecule has 5 heteroatoms. The van der Waals surface area contributed by atoms with Gasteiger partial charge in [0, 0.05) is 11.8 Å². The minimum atomic E-state index is -0.139. The topological polar surface area (TPSA) is 67.6 Å². The Morgan fingerprint density at radius 3 is 2.71 bits per heavy atom. The number of nitrogen functional groups attached to an aromatic ring is 1. The molecule has 3 N–H and O–H groups in total. The standard InChI is InChI=1S/C16H25N3O2/c1-11-6-8-19(9-7-11)12(2)16(20)18-14-5-4-13(17)10-15(14)21-3/h4-5,10-12H,6-9,17H2,1-3H3,(H,18,20). The van der Waals surface area contributed by atoms with E-state index in [1.165, 1.54) is 0 Å². The fourth-order valence-corrected chi connectivity index (χ4v) is 2.63. The number of hydrogen-bond acceptors (Lipinski definition) is 4. The number of ether oxygens (including phenoxy) is 1. The van der Waals surface area contributed by atoms with Gasteiger partial charge in [-0.3, -0.25) is 9.69 Å². The lowest BCUT2D eigenvalue weighted by Gasteiger charge is -2.34. The lowest BCUT2D eigenvalue weighted by Crippen LogP contribution is -2.45. The van der Waals surface area contributed by atoms with Gasteiger partial charge in [0.15, 0.2) is 0 Å². The third-order valence-electron chi connectivity index (χ3n) is 4.23. The summed E-state index contributed by atoms with van der Waals surface area (Å²) in [5, 5.41) is 2.94. The molecule has 116 valence electrons. The zero-order valence-electron chi connectivity index (χ0n) is 13.1. The van der Waals surface area contributed by atoms with Crippen molar-refractivity contribution in [2.24, 2.45) is 5.92 Å². The number of carbonyl (C=O) groups is 1. The van der Waals surface area contributed by atoms with Gasteiger partial charge in [0.25, 0.3) is 0 Å². The largest absolute Gasteiger partial charge is 0.494 e. The van der Waals surface area contributed by atoms with E-state index in [0.717, 1.165) is 31.8 Å². The first-order valence-electron chi connectivity index (χ1n) is 7.49. The molecular weight excluding hydrogens is 266 g/mol. The van der Waals surface area contributed by atoms with Crippen LogP contribution in [0.25, 0.3) is 0 Å². The van der Waals surface area contributed by atoms with Gasteiger partial charge in [0.2, 0.25) is 5.91 Å². The van der Waals surface area contributed by atoms with Gasteiger partial charge >= 0.3 is 0 Å². The average molecular weight is 291 g/mol. The summed E-state index contributed by atoms with van der Waals surface area (Å²) in [6.07, 6.45) is 2.31. The van der Waals surface area contributed by atoms with E-state index < -0.39 is 0 Å². The fraction of sp³-hybridized carbons (Fsp3) is 0.562. The second kappa shape index (κ2) is 6.80. The van der Waals surface area contributed by atoms with E-state index >= 15 is 0 Å². The van der Waals surface area contributed by atoms with E-state index in [1.54, 1.807) is 25.3 Å². The molecule has 0 saturated carbocycles. The van der Waals surface area contributed by atoms with Crippen molar-refractivity contribution in [3.63, 3.8) is 0 Å². The monoisotopic (exact) mass is 291 g/mol. The molecule has 0 bridgehead atoms. The quantitative estimate of drug-likeness (QED) is 0.836. The third-order valence-corrected chi connectivity index (χ3v) is 4.23. The van der Waals surface area contributed by atoms with Gasteiger partial charge in [-0.15, -0.1) is 0 Å². The lowest BCUT2D eigenvalue weighted by atomic mass is 9.98. The number of carbonyl (C=O) groups excluding carboxylic acids is 1. The first-order chi connectivity index (χ1) is 10.0. The van der Waals surface area contributed by atoms with Crippen LogP contribution in [0, 0.1) is 5.92 Å². The Labute approximate surface area is 126 Å². The molecule has 1 amide bonds. The summed E-state index contributed by atoms with van der Waals surface area (Å²) in [6.45, 7) is 6.18. The number of anilines is 2. The number of benzene rings is 1. The van der Waals surface area contributed by atoms with E-state index in [4.69, 9.17) is 10.5 Å². The Kier molecular flexibility index (Phi) is 5.07. The predicted molar refractivity (Wildman–Crippen MR) is 85.5 cm³/mol. The van der Waals surface area contributed by atoms with E-state index in [1.807, 2.05) is 6.92 Å². The summed E-state index contributed by atoms with van der Waals surface area (Å²) in [6, 6.07) is 5.10. The molecule has 1 fully saturated rings. The Morgan fingerprint density at radius 2 is 2.10 bits per heavy atom. The van der Waals surface area contributed by atoms with Crippen LogP contribution in [0.4, 0.5) is 11.4 Å². The summed E-state index contributed by atoms with van der Waals surface area (Å²) >= 11 is 0. The van der Waals surface area contributed by atoms with E-state index in [2.05, 4.69) is 17.1 Å². The lowest BCUT2D eigenvalue weighted by molar-refractivity contribution is -0.121. The number of rotatable bonds is 4. The third kappa shape index (κ3) is 3.88. The van der Waals surface area contributed by atoms with Gasteiger partial charge < -0.3 is 15.8 Å². The second-order valence-corrected chi connectivity index (χ2v) is 5.84. The first kappa shape index (κ1) is 15.6. The van der Waals surface area contributed by atoms with Gasteiger partial charge in [-0.2, -0.15) is 0 Å². The highest BCUT2D eigenvalue weighted by molar-refractivity contribution is 5.96. The highest BCUT2D eigenvalue weighted by Crippen LogP contribution is 2.27. The second-order valence-electron chi connectivity index (χ2n) is 5.84. The van der Waals surface area contributed by atoms with Crippen LogP contribution in [0.15, 0.2) is 18.2 Å². The molecular formula is C16H25N3O2. The number of nitrogens with zero attached hydrogens (tertiary/aromatic N) is 1. The molecule has 1 atom stereocenters. The molecule has 0 spiro atoms. The summed E-state index contributed by atoms with van der Waals surface area (Å²) < 4.78 is 5.26. The van der Waals surface area contributed by atoms with Crippen LogP contribution in [0.3, 0.4) is 0 Å². The summed E-state index contributed by atoms with van der Waals surface area (Å²) in [5.74, 6) is 1.34. The molecule has 2 rings (SSSR count). The van der Waals surface area contributed by atoms with Gasteiger partial charge in [-0.05, 0) is 50.9 Å². The highest BCUT2D eigenvalue weighted by Gasteiger charge is 2.25. The van der Waals surface area contributed by atoms with Gasteiger partial charge in [-0.25, -0.2) is 0 Å². The fourth-order valence-electron chi connectivity index (χ4n) is 2.63. The SMILES string of the molecule is COc1cc(N)ccc1NC(=O)C(C)N1CCC(C)CC1. The van der Waals surface area contributed by atoms with Crippen LogP contribution in [0.5, 0.6) is 5.75 Å². The molecule has 1 saturated heterocycles. The molecule has 1 aliphatic rings. The van der Waals surface area contributed by atoms with Crippen molar-refractivity contribution in [2.45, 2.75) is 32.7 Å². The Balaban J connectivity index is 2.00. The number of amides is 1. The maximum atomic E-state index is 12.4. The first-order valence-corrected chi connectivity index (χ1v) is 7.49. The molecule has 0 radical (unpaired) electrons. The molecule has 21 heavy (non-hydrogen) atoms. The smallest absolute Gasteiger partial charge is 0.241 e. The average Bonchev–Trinajstić information content (AvgIpc) is 2.49. The number of methoxy groups -OCH3 is 1. The van der Waals surface area contributed by atoms with Gasteiger partial charge in [0.05, 0.1) is 18.8 Å². The number of likely N-dealkylation sites (tertiary alicyclic amines) is 1. The maximum absolute atomic E-state index is 12.4. The van der Waals surface area contributed by atoms with E-state index in [-0.39, 0.29) is 11.9 Å². The number of nitrogens with two attached hydrogens (primary N) is 1. The Hall–Kier alpha value is -1.75. The highest BCUT2D eigenvalue weighted by atomic mass is 16.5. The molecule has 1 aromatic carbocycles. The summed E-state index contributed by atoms with van der Waals surface area (Å²) in [4.78, 5) is 14.6. The molecule has 1 aliphatic heterocycles. The van der Waals surface area contributed by atoms with Crippen molar-refractivity contribution >= 4 is 17.3 Å². The van der Waals surface area contributed by atoms with Crippen molar-refractivity contribution in [1.29, 1.82) is 0 Å². The molecule has 1 heterocycles. The minimum absolute atomic E-state index is 0.00683. The van der Waals surface area contributed by atoms with Crippen molar-refractivity contribution < 1.29 is 9.53 Å². The number of piperidine rings is 1. The predicted octanol–water partition coefficient (Wildman–Crippen LogP) is 2.34. The van der Waals surface area contributed by atoms with Crippen LogP contribution in [0.1, 0.15) is 26.7 Å². The molecule has 0 aliphatic carbocycles. The summed E-state index contributed by atoms with van der Waals surface area (Å²) in [7, 11) is 1.57. The van der Waals surface area contributed by atoms with Crippen LogP contribution < -0.4 is 15.8 Å². The Morgan fingerprint density at radius 1 is 1.43 bits per heavy atom. The minimum Gasteiger partial charge on any atom is -0.494 e. The molecule has 5 nitrogen and oxygen atoms in total. The zero-order chi connectivity index (χ0) is 15.4. The van der Waals surface area contributed by atoms with Crippen molar-refractivity contribution in [2.75, 3.05) is 31.2 Å². The van der Waals surface area contributed by atoms with Crippen molar-refractivity contribution in [1.82, 2.24) is 4.90 Å². The van der Waals surface area contributed by atoms with Crippen LogP contribution in [-0.4, -0.2) is 37.0 Å². The van der Waals surface area contributed by atoms with E-state index in [0.29, 0.717) is 17.1 Å². The maximum Gasteiger partial charge on any atom is 0.241 e. The number of hydrogen-bond donors (Lipinski definition) is 2. The van der Waals surface area contributed by atoms with E-state index in [9.17, 15) is 4.79 Å². The van der Waals surface area contributed by atoms with Crippen LogP contribution in [0.2, 0.25) is 0 Å². The normalized spacial score (nSPS) is 18.2. The Bertz CT molecular complexity index is 496. The zero-order valence-corrected chi connectivity index (χ0v) is 13.1. The molecule has 1 unspecified atom stereocenters. The molecule has 1 aromatic rings. The number of nitrogens with one attached hydrogen (secondary N) is 1. The van der Waals surface area contributed by atoms with Crippen LogP contribution in [-0.2, 0) is 4.79 Å². The van der Waals surface area contributed by atoms with Gasteiger partial charge in [-0.1, -0.05) is 6.92 Å². The van der Waals surface area contributed by atoms with Crippen molar-refractivity contribution in [3.8, 4) is 5.75 Å².